The van der Waals surface area contributed by atoms with E-state index >= 15 is 0 Å². The van der Waals surface area contributed by atoms with Crippen molar-refractivity contribution in [2.24, 2.45) is 0 Å². The fourth-order valence-electron chi connectivity index (χ4n) is 3.56. The molecule has 0 spiro atoms. The molecule has 0 aliphatic carbocycles. The van der Waals surface area contributed by atoms with E-state index in [0.717, 1.165) is 45.4 Å². The monoisotopic (exact) mass is 451 g/mol. The van der Waals surface area contributed by atoms with Crippen LogP contribution in [0.25, 0.3) is 27.7 Å². The third-order valence-corrected chi connectivity index (χ3v) is 5.22. The van der Waals surface area contributed by atoms with Gasteiger partial charge in [0, 0.05) is 41.8 Å². The first-order valence-electron chi connectivity index (χ1n) is 11.3. The number of methoxy groups -OCH3 is 1. The molecule has 0 atom stereocenters. The smallest absolute Gasteiger partial charge is 0.244 e. The maximum absolute atomic E-state index is 12.5. The van der Waals surface area contributed by atoms with Crippen molar-refractivity contribution < 1.29 is 23.4 Å². The number of carbonyl (C=O) groups is 1. The maximum atomic E-state index is 12.5. The van der Waals surface area contributed by atoms with Crippen LogP contribution in [0.15, 0.2) is 53.2 Å². The molecule has 1 heterocycles. The van der Waals surface area contributed by atoms with Gasteiger partial charge in [-0.1, -0.05) is 12.1 Å². The zero-order chi connectivity index (χ0) is 23.8. The van der Waals surface area contributed by atoms with Gasteiger partial charge in [-0.25, -0.2) is 0 Å². The molecule has 2 aromatic carbocycles. The van der Waals surface area contributed by atoms with Crippen molar-refractivity contribution in [3.63, 3.8) is 0 Å². The van der Waals surface area contributed by atoms with Crippen LogP contribution in [0.2, 0.25) is 0 Å². The molecule has 1 amide bonds. The molecule has 1 N–H and O–H groups in total. The summed E-state index contributed by atoms with van der Waals surface area (Å²) in [6, 6.07) is 11.8. The summed E-state index contributed by atoms with van der Waals surface area (Å²) < 4.78 is 22.5. The number of nitrogens with one attached hydrogen (secondary N) is 1. The molecule has 0 saturated carbocycles. The van der Waals surface area contributed by atoms with Crippen LogP contribution in [0, 0.1) is 0 Å². The molecule has 0 fully saturated rings. The summed E-state index contributed by atoms with van der Waals surface area (Å²) in [5.74, 6) is 1.35. The van der Waals surface area contributed by atoms with E-state index in [4.69, 9.17) is 18.6 Å². The van der Waals surface area contributed by atoms with Gasteiger partial charge in [0.05, 0.1) is 26.1 Å². The molecule has 0 bridgehead atoms. The lowest BCUT2D eigenvalue weighted by atomic mass is 9.99. The molecule has 33 heavy (non-hydrogen) atoms. The van der Waals surface area contributed by atoms with Crippen LogP contribution >= 0.6 is 0 Å². The van der Waals surface area contributed by atoms with Gasteiger partial charge in [0.1, 0.15) is 17.1 Å². The molecular formula is C27H33NO5. The van der Waals surface area contributed by atoms with E-state index in [-0.39, 0.29) is 12.0 Å². The summed E-state index contributed by atoms with van der Waals surface area (Å²) in [7, 11) is 1.65. The van der Waals surface area contributed by atoms with Gasteiger partial charge in [0.15, 0.2) is 0 Å². The number of ether oxygens (including phenoxy) is 3. The Balaban J connectivity index is 1.85. The molecule has 0 aliphatic rings. The van der Waals surface area contributed by atoms with Gasteiger partial charge in [-0.3, -0.25) is 4.79 Å². The van der Waals surface area contributed by atoms with E-state index in [0.29, 0.717) is 25.5 Å². The van der Waals surface area contributed by atoms with Crippen LogP contribution in [-0.2, 0) is 9.53 Å². The molecule has 0 radical (unpaired) electrons. The van der Waals surface area contributed by atoms with E-state index in [1.54, 1.807) is 19.4 Å². The van der Waals surface area contributed by atoms with Crippen molar-refractivity contribution in [1.82, 2.24) is 5.32 Å². The zero-order valence-electron chi connectivity index (χ0n) is 20.1. The normalized spacial score (nSPS) is 11.8. The molecule has 176 valence electrons. The first-order valence-corrected chi connectivity index (χ1v) is 11.3. The van der Waals surface area contributed by atoms with E-state index < -0.39 is 0 Å². The fraction of sp³-hybridized carbons (Fsp3) is 0.370. The van der Waals surface area contributed by atoms with Crippen LogP contribution in [0.5, 0.6) is 11.5 Å². The largest absolute Gasteiger partial charge is 0.497 e. The molecule has 6 heteroatoms. The Morgan fingerprint density at radius 1 is 1.18 bits per heavy atom. The van der Waals surface area contributed by atoms with Crippen molar-refractivity contribution in [2.75, 3.05) is 26.9 Å². The number of carbonyl (C=O) groups excluding carboxylic acids is 1. The summed E-state index contributed by atoms with van der Waals surface area (Å²) in [6.45, 7) is 9.55. The quantitative estimate of drug-likeness (QED) is 0.293. The van der Waals surface area contributed by atoms with Gasteiger partial charge in [0.25, 0.3) is 0 Å². The third-order valence-electron chi connectivity index (χ3n) is 5.22. The standard InChI is InChI=1S/C27H33NO5/c1-6-31-25-16-26-23(24(17-33-26)20-8-10-21(30-5)11-9-20)15-22(25)19(4)14-27(29)28-12-7-13-32-18(2)3/h8-11,14-18H,6-7,12-13H2,1-5H3,(H,28,29)/b19-14+. The van der Waals surface area contributed by atoms with E-state index in [9.17, 15) is 4.79 Å². The number of allylic oxidation sites excluding steroid dienone is 1. The fourth-order valence-corrected chi connectivity index (χ4v) is 3.56. The number of furan rings is 1. The van der Waals surface area contributed by atoms with Crippen LogP contribution in [0.1, 0.15) is 39.7 Å². The number of fused-ring (bicyclic) bond motifs is 1. The Morgan fingerprint density at radius 3 is 2.61 bits per heavy atom. The first-order chi connectivity index (χ1) is 15.9. The zero-order valence-corrected chi connectivity index (χ0v) is 20.1. The molecule has 3 rings (SSSR count). The predicted molar refractivity (Wildman–Crippen MR) is 132 cm³/mol. The second-order valence-corrected chi connectivity index (χ2v) is 8.05. The van der Waals surface area contributed by atoms with Crippen LogP contribution < -0.4 is 14.8 Å². The minimum Gasteiger partial charge on any atom is -0.497 e. The molecule has 0 unspecified atom stereocenters. The van der Waals surface area contributed by atoms with Crippen molar-refractivity contribution >= 4 is 22.4 Å². The number of benzene rings is 2. The Bertz CT molecular complexity index is 1100. The minimum absolute atomic E-state index is 0.137. The van der Waals surface area contributed by atoms with Crippen molar-refractivity contribution in [2.45, 2.75) is 40.2 Å². The van der Waals surface area contributed by atoms with E-state index in [1.807, 2.05) is 64.1 Å². The first kappa shape index (κ1) is 24.4. The summed E-state index contributed by atoms with van der Waals surface area (Å²) in [5.41, 5.74) is 4.40. The number of hydrogen-bond donors (Lipinski definition) is 1. The molecule has 6 nitrogen and oxygen atoms in total. The Labute approximate surface area is 195 Å². The SMILES string of the molecule is CCOc1cc2occ(-c3ccc(OC)cc3)c2cc1/C(C)=C/C(=O)NCCCOC(C)C. The van der Waals surface area contributed by atoms with Crippen LogP contribution in [-0.4, -0.2) is 38.9 Å². The van der Waals surface area contributed by atoms with Gasteiger partial charge < -0.3 is 23.9 Å². The van der Waals surface area contributed by atoms with Gasteiger partial charge in [0.2, 0.25) is 5.91 Å². The van der Waals surface area contributed by atoms with Gasteiger partial charge in [-0.05, 0) is 63.5 Å². The molecule has 1 aromatic heterocycles. The lowest BCUT2D eigenvalue weighted by molar-refractivity contribution is -0.116. The highest BCUT2D eigenvalue weighted by Gasteiger charge is 2.15. The average Bonchev–Trinajstić information content (AvgIpc) is 3.21. The maximum Gasteiger partial charge on any atom is 0.244 e. The summed E-state index contributed by atoms with van der Waals surface area (Å²) >= 11 is 0. The lowest BCUT2D eigenvalue weighted by Crippen LogP contribution is -2.23. The highest BCUT2D eigenvalue weighted by Crippen LogP contribution is 2.37. The van der Waals surface area contributed by atoms with Crippen molar-refractivity contribution in [3.05, 3.63) is 54.3 Å². The molecule has 0 aliphatic heterocycles. The van der Waals surface area contributed by atoms with Gasteiger partial charge >= 0.3 is 0 Å². The topological polar surface area (TPSA) is 69.9 Å². The predicted octanol–water partition coefficient (Wildman–Crippen LogP) is 5.84. The highest BCUT2D eigenvalue weighted by atomic mass is 16.5. The Kier molecular flexibility index (Phi) is 8.55. The molecular weight excluding hydrogens is 418 g/mol. The summed E-state index contributed by atoms with van der Waals surface area (Å²) in [6.07, 6.45) is 4.32. The van der Waals surface area contributed by atoms with Gasteiger partial charge in [-0.2, -0.15) is 0 Å². The highest BCUT2D eigenvalue weighted by molar-refractivity contribution is 6.00. The van der Waals surface area contributed by atoms with Crippen LogP contribution in [0.4, 0.5) is 0 Å². The van der Waals surface area contributed by atoms with Crippen molar-refractivity contribution in [1.29, 1.82) is 0 Å². The summed E-state index contributed by atoms with van der Waals surface area (Å²) in [4.78, 5) is 12.5. The van der Waals surface area contributed by atoms with Crippen LogP contribution in [0.3, 0.4) is 0 Å². The minimum atomic E-state index is -0.137. The number of hydrogen-bond acceptors (Lipinski definition) is 5. The second-order valence-electron chi connectivity index (χ2n) is 8.05. The molecule has 0 saturated heterocycles. The Morgan fingerprint density at radius 2 is 1.94 bits per heavy atom. The van der Waals surface area contributed by atoms with Gasteiger partial charge in [-0.15, -0.1) is 0 Å². The molecule has 3 aromatic rings. The number of rotatable bonds is 11. The Hall–Kier alpha value is -3.25. The number of amides is 1. The third kappa shape index (κ3) is 6.39. The lowest BCUT2D eigenvalue weighted by Gasteiger charge is -2.12. The average molecular weight is 452 g/mol. The van der Waals surface area contributed by atoms with E-state index in [1.165, 1.54) is 0 Å². The summed E-state index contributed by atoms with van der Waals surface area (Å²) in [5, 5.41) is 3.88. The van der Waals surface area contributed by atoms with E-state index in [2.05, 4.69) is 5.32 Å². The second kappa shape index (κ2) is 11.6. The van der Waals surface area contributed by atoms with Crippen molar-refractivity contribution in [3.8, 4) is 22.6 Å².